The van der Waals surface area contributed by atoms with Crippen molar-refractivity contribution in [3.05, 3.63) is 34.3 Å². The molecule has 0 heterocycles. The number of ether oxygens (including phenoxy) is 1. The SMILES string of the molecule is C[NH+](C)C[C@H]1CCCC[C@H]1OC(=O)c1ccccc1Br. The van der Waals surface area contributed by atoms with Crippen LogP contribution in [0.25, 0.3) is 0 Å². The smallest absolute Gasteiger partial charge is 0.339 e. The summed E-state index contributed by atoms with van der Waals surface area (Å²) in [5.74, 6) is 0.281. The second-order valence-corrected chi connectivity index (χ2v) is 6.73. The monoisotopic (exact) mass is 340 g/mol. The van der Waals surface area contributed by atoms with Gasteiger partial charge in [-0.25, -0.2) is 4.79 Å². The summed E-state index contributed by atoms with van der Waals surface area (Å²) in [7, 11) is 4.31. The van der Waals surface area contributed by atoms with Crippen molar-refractivity contribution in [2.45, 2.75) is 31.8 Å². The van der Waals surface area contributed by atoms with E-state index in [0.29, 0.717) is 11.5 Å². The van der Waals surface area contributed by atoms with Crippen LogP contribution in [0.4, 0.5) is 0 Å². The van der Waals surface area contributed by atoms with Crippen molar-refractivity contribution >= 4 is 21.9 Å². The standard InChI is InChI=1S/C16H22BrNO2/c1-18(2)11-12-7-3-6-10-15(12)20-16(19)13-8-4-5-9-14(13)17/h4-5,8-9,12,15H,3,6-7,10-11H2,1-2H3/p+1/t12-,15-/m1/s1. The van der Waals surface area contributed by atoms with Gasteiger partial charge in [-0.1, -0.05) is 18.6 Å². The highest BCUT2D eigenvalue weighted by Crippen LogP contribution is 2.27. The number of carbonyl (C=O) groups is 1. The van der Waals surface area contributed by atoms with Crippen molar-refractivity contribution in [2.24, 2.45) is 5.92 Å². The molecule has 0 aliphatic heterocycles. The quantitative estimate of drug-likeness (QED) is 0.852. The molecule has 0 spiro atoms. The fraction of sp³-hybridized carbons (Fsp3) is 0.562. The number of rotatable bonds is 4. The Morgan fingerprint density at radius 2 is 2.00 bits per heavy atom. The third-order valence-electron chi connectivity index (χ3n) is 3.86. The molecule has 1 aromatic rings. The van der Waals surface area contributed by atoms with E-state index < -0.39 is 0 Å². The van der Waals surface area contributed by atoms with Gasteiger partial charge in [-0.3, -0.25) is 0 Å². The van der Waals surface area contributed by atoms with E-state index in [1.54, 1.807) is 6.07 Å². The Hall–Kier alpha value is -0.870. The number of quaternary nitrogens is 1. The summed E-state index contributed by atoms with van der Waals surface area (Å²) in [5, 5.41) is 0. The first-order valence-electron chi connectivity index (χ1n) is 7.32. The number of hydrogen-bond acceptors (Lipinski definition) is 2. The molecule has 0 amide bonds. The normalized spacial score (nSPS) is 22.8. The maximum atomic E-state index is 12.3. The molecule has 20 heavy (non-hydrogen) atoms. The Balaban J connectivity index is 2.03. The predicted molar refractivity (Wildman–Crippen MR) is 83.0 cm³/mol. The van der Waals surface area contributed by atoms with E-state index in [-0.39, 0.29) is 12.1 Å². The maximum Gasteiger partial charge on any atom is 0.339 e. The van der Waals surface area contributed by atoms with Crippen LogP contribution in [0.2, 0.25) is 0 Å². The zero-order valence-electron chi connectivity index (χ0n) is 12.2. The van der Waals surface area contributed by atoms with Crippen LogP contribution in [0, 0.1) is 5.92 Å². The summed E-state index contributed by atoms with van der Waals surface area (Å²) < 4.78 is 6.59. The first-order valence-corrected chi connectivity index (χ1v) is 8.11. The van der Waals surface area contributed by atoms with E-state index in [9.17, 15) is 4.79 Å². The molecule has 2 rings (SSSR count). The third-order valence-corrected chi connectivity index (χ3v) is 4.55. The Kier molecular flexibility index (Phi) is 5.61. The van der Waals surface area contributed by atoms with E-state index in [2.05, 4.69) is 30.0 Å². The lowest BCUT2D eigenvalue weighted by Gasteiger charge is -2.31. The van der Waals surface area contributed by atoms with Gasteiger partial charge in [-0.05, 0) is 47.3 Å². The Morgan fingerprint density at radius 1 is 1.30 bits per heavy atom. The summed E-state index contributed by atoms with van der Waals surface area (Å²) in [6, 6.07) is 7.45. The van der Waals surface area contributed by atoms with Gasteiger partial charge in [0, 0.05) is 10.4 Å². The first kappa shape index (κ1) is 15.5. The summed E-state index contributed by atoms with van der Waals surface area (Å²) in [6.45, 7) is 1.06. The highest BCUT2D eigenvalue weighted by Gasteiger charge is 2.30. The molecule has 0 saturated heterocycles. The Labute approximate surface area is 129 Å². The second-order valence-electron chi connectivity index (χ2n) is 5.88. The second kappa shape index (κ2) is 7.23. The summed E-state index contributed by atoms with van der Waals surface area (Å²) >= 11 is 3.41. The van der Waals surface area contributed by atoms with Crippen LogP contribution in [0.1, 0.15) is 36.0 Å². The van der Waals surface area contributed by atoms with Crippen molar-refractivity contribution in [3.8, 4) is 0 Å². The highest BCUT2D eigenvalue weighted by molar-refractivity contribution is 9.10. The zero-order chi connectivity index (χ0) is 14.5. The Morgan fingerprint density at radius 3 is 2.70 bits per heavy atom. The molecule has 1 aliphatic carbocycles. The summed E-state index contributed by atoms with van der Waals surface area (Å²) in [4.78, 5) is 13.7. The van der Waals surface area contributed by atoms with E-state index >= 15 is 0 Å². The molecule has 0 aromatic heterocycles. The van der Waals surface area contributed by atoms with Crippen LogP contribution in [-0.4, -0.2) is 32.7 Å². The molecule has 1 aliphatic rings. The van der Waals surface area contributed by atoms with E-state index in [1.165, 1.54) is 17.7 Å². The number of halogens is 1. The lowest BCUT2D eigenvalue weighted by atomic mass is 9.86. The van der Waals surface area contributed by atoms with Gasteiger partial charge in [0.05, 0.1) is 26.2 Å². The summed E-state index contributed by atoms with van der Waals surface area (Å²) in [5.41, 5.74) is 0.619. The van der Waals surface area contributed by atoms with E-state index in [1.807, 2.05) is 18.2 Å². The zero-order valence-corrected chi connectivity index (χ0v) is 13.8. The van der Waals surface area contributed by atoms with Crippen molar-refractivity contribution in [1.82, 2.24) is 0 Å². The molecule has 110 valence electrons. The minimum absolute atomic E-state index is 0.0678. The number of benzene rings is 1. The lowest BCUT2D eigenvalue weighted by molar-refractivity contribution is -0.862. The largest absolute Gasteiger partial charge is 0.458 e. The van der Waals surface area contributed by atoms with Crippen LogP contribution in [0.3, 0.4) is 0 Å². The van der Waals surface area contributed by atoms with Crippen LogP contribution >= 0.6 is 15.9 Å². The fourth-order valence-electron chi connectivity index (χ4n) is 2.91. The molecule has 1 fully saturated rings. The number of esters is 1. The minimum atomic E-state index is -0.205. The van der Waals surface area contributed by atoms with Gasteiger partial charge >= 0.3 is 5.97 Å². The average molecular weight is 341 g/mol. The number of nitrogens with one attached hydrogen (secondary N) is 1. The van der Waals surface area contributed by atoms with Crippen molar-refractivity contribution in [3.63, 3.8) is 0 Å². The van der Waals surface area contributed by atoms with E-state index in [0.717, 1.165) is 23.9 Å². The molecule has 1 N–H and O–H groups in total. The average Bonchev–Trinajstić information content (AvgIpc) is 2.41. The van der Waals surface area contributed by atoms with Gasteiger partial charge in [0.1, 0.15) is 6.10 Å². The van der Waals surface area contributed by atoms with E-state index in [4.69, 9.17) is 4.74 Å². The molecule has 0 bridgehead atoms. The lowest BCUT2D eigenvalue weighted by Crippen LogP contribution is -3.06. The van der Waals surface area contributed by atoms with Crippen LogP contribution in [0.15, 0.2) is 28.7 Å². The first-order chi connectivity index (χ1) is 9.58. The van der Waals surface area contributed by atoms with Gasteiger partial charge in [0.25, 0.3) is 0 Å². The van der Waals surface area contributed by atoms with Gasteiger partial charge < -0.3 is 9.64 Å². The van der Waals surface area contributed by atoms with Gasteiger partial charge in [-0.2, -0.15) is 0 Å². The Bertz CT molecular complexity index is 462. The maximum absolute atomic E-state index is 12.3. The third kappa shape index (κ3) is 4.06. The molecule has 3 nitrogen and oxygen atoms in total. The van der Waals surface area contributed by atoms with Gasteiger partial charge in [-0.15, -0.1) is 0 Å². The predicted octanol–water partition coefficient (Wildman–Crippen LogP) is 2.31. The number of hydrogen-bond donors (Lipinski definition) is 1. The molecular weight excluding hydrogens is 318 g/mol. The molecule has 1 aromatic carbocycles. The fourth-order valence-corrected chi connectivity index (χ4v) is 3.36. The molecule has 1 saturated carbocycles. The van der Waals surface area contributed by atoms with Crippen molar-refractivity contribution in [1.29, 1.82) is 0 Å². The molecule has 2 atom stereocenters. The molecule has 0 radical (unpaired) electrons. The van der Waals surface area contributed by atoms with Crippen LogP contribution < -0.4 is 4.90 Å². The minimum Gasteiger partial charge on any atom is -0.458 e. The van der Waals surface area contributed by atoms with Crippen molar-refractivity contribution < 1.29 is 14.4 Å². The molecule has 4 heteroatoms. The number of carbonyl (C=O) groups excluding carboxylic acids is 1. The van der Waals surface area contributed by atoms with Gasteiger partial charge in [0.15, 0.2) is 0 Å². The highest BCUT2D eigenvalue weighted by atomic mass is 79.9. The molecular formula is C16H23BrNO2+. The van der Waals surface area contributed by atoms with Crippen LogP contribution in [0.5, 0.6) is 0 Å². The van der Waals surface area contributed by atoms with Crippen molar-refractivity contribution in [2.75, 3.05) is 20.6 Å². The van der Waals surface area contributed by atoms with Crippen LogP contribution in [-0.2, 0) is 4.74 Å². The molecule has 0 unspecified atom stereocenters. The summed E-state index contributed by atoms with van der Waals surface area (Å²) in [6.07, 6.45) is 4.64. The van der Waals surface area contributed by atoms with Gasteiger partial charge in [0.2, 0.25) is 0 Å². The topological polar surface area (TPSA) is 30.7 Å².